The van der Waals surface area contributed by atoms with Crippen LogP contribution in [-0.4, -0.2) is 197 Å². The summed E-state index contributed by atoms with van der Waals surface area (Å²) >= 11 is 6.21. The molecule has 7 rings (SSSR count). The lowest BCUT2D eigenvalue weighted by Gasteiger charge is -2.31. The van der Waals surface area contributed by atoms with Gasteiger partial charge in [-0.1, -0.05) is 98.2 Å². The van der Waals surface area contributed by atoms with Crippen LogP contribution in [0.4, 0.5) is 0 Å². The van der Waals surface area contributed by atoms with Crippen LogP contribution in [0.25, 0.3) is 32.1 Å². The first kappa shape index (κ1) is 81.6. The number of rotatable bonds is 26. The maximum absolute atomic E-state index is 15.3. The quantitative estimate of drug-likeness (QED) is 0.00802. The minimum Gasteiger partial charge on any atom is -0.480 e. The fourth-order valence-corrected chi connectivity index (χ4v) is 12.3. The molecule has 2 fully saturated rings. The topological polar surface area (TPSA) is 550 Å². The van der Waals surface area contributed by atoms with Crippen LogP contribution >= 0.6 is 11.6 Å². The molecule has 1 aromatic heterocycles. The number of para-hydroxylation sites is 1. The van der Waals surface area contributed by atoms with Crippen molar-refractivity contribution >= 4 is 122 Å². The summed E-state index contributed by atoms with van der Waals surface area (Å²) < 4.78 is 0. The standard InChI is InChI=1S/C70H89ClN20O15/c1-37(2)28-50(62(98)82-49(14-8-25-77-70(73)74)68(104)91-27-9-15-56(91)67(103)88-55(34-72)69(105)106)83-64(100)52(31-40-16-19-41-10-4-5-11-42(41)29-40)85-61(97)48-24-26-76-59(95)36-79-57(93)23-22-47(80-38(3)92)60(96)84-51(30-39-17-20-44(71)21-18-39)63(99)86-53(32-43-35-78-46-13-7-6-12-45(43)46)65(101)87-54(66(102)81-48)33-58(94)89-90-75/h4-7,10-13,16-21,29,35,37,47-56,78H,8-9,14-15,22-28,30-34,36,72H2,1-3H3,(H,76,95)(H,79,93)(H,80,92)(H,81,102)(H,82,98)(H,83,100)(H,84,96)(H,85,97)(H,86,99)(H,87,101)(H,88,103)(H,105,106)(H4,73,74,77)/t47-,48-,49-,50-,51+,52+,53+,54-,55-,56-/m0/s1. The number of H-pyrrole nitrogens is 1. The number of guanidine groups is 1. The highest BCUT2D eigenvalue weighted by atomic mass is 35.5. The highest BCUT2D eigenvalue weighted by molar-refractivity contribution is 6.30. The molecule has 36 heteroatoms. The van der Waals surface area contributed by atoms with Gasteiger partial charge in [0.15, 0.2) is 5.96 Å². The van der Waals surface area contributed by atoms with Crippen LogP contribution in [0.1, 0.15) is 95.2 Å². The number of nitrogens with two attached hydrogens (primary N) is 3. The molecule has 2 aliphatic rings. The lowest BCUT2D eigenvalue weighted by atomic mass is 9.98. The number of aliphatic imine (C=N–C) groups is 1. The number of aromatic nitrogens is 1. The number of nitrogens with zero attached hydrogens (tertiary/aromatic N) is 5. The molecule has 566 valence electrons. The van der Waals surface area contributed by atoms with Gasteiger partial charge in [-0.05, 0) is 107 Å². The third kappa shape index (κ3) is 24.7. The number of carbonyl (C=O) groups excluding carboxylic acids is 13. The van der Waals surface area contributed by atoms with Gasteiger partial charge in [-0.25, -0.2) is 4.79 Å². The molecule has 0 radical (unpaired) electrons. The van der Waals surface area contributed by atoms with Crippen molar-refractivity contribution in [3.8, 4) is 0 Å². The van der Waals surface area contributed by atoms with Crippen molar-refractivity contribution in [1.82, 2.24) is 68.4 Å². The number of nitrogens with one attached hydrogen (secondary N) is 12. The average molecular weight is 1490 g/mol. The van der Waals surface area contributed by atoms with E-state index in [0.29, 0.717) is 39.0 Å². The average Bonchev–Trinajstić information content (AvgIpc) is 1.50. The van der Waals surface area contributed by atoms with E-state index in [9.17, 15) is 58.6 Å². The van der Waals surface area contributed by atoms with Gasteiger partial charge in [0.2, 0.25) is 76.8 Å². The summed E-state index contributed by atoms with van der Waals surface area (Å²) in [5, 5.41) is 43.5. The zero-order chi connectivity index (χ0) is 77.1. The molecule has 0 unspecified atom stereocenters. The summed E-state index contributed by atoms with van der Waals surface area (Å²) in [6.45, 7) is 3.08. The molecule has 0 bridgehead atoms. The third-order valence-corrected chi connectivity index (χ3v) is 17.8. The first-order valence-electron chi connectivity index (χ1n) is 34.5. The number of fused-ring (bicyclic) bond motifs is 2. The second-order valence-electron chi connectivity index (χ2n) is 26.1. The lowest BCUT2D eigenvalue weighted by Crippen LogP contribution is -2.61. The largest absolute Gasteiger partial charge is 0.480 e. The molecule has 13 amide bonds. The van der Waals surface area contributed by atoms with Crippen molar-refractivity contribution in [3.05, 3.63) is 129 Å². The van der Waals surface area contributed by atoms with Gasteiger partial charge in [0.25, 0.3) is 0 Å². The van der Waals surface area contributed by atoms with Crippen LogP contribution in [0.2, 0.25) is 5.02 Å². The van der Waals surface area contributed by atoms with Crippen molar-refractivity contribution in [2.75, 3.05) is 32.7 Å². The summed E-state index contributed by atoms with van der Waals surface area (Å²) in [7, 11) is 0. The number of benzene rings is 4. The Labute approximate surface area is 613 Å². The summed E-state index contributed by atoms with van der Waals surface area (Å²) in [5.74, 6) is -14.3. The first-order valence-corrected chi connectivity index (χ1v) is 34.8. The van der Waals surface area contributed by atoms with Crippen LogP contribution in [0.15, 0.2) is 107 Å². The number of halogens is 1. The molecule has 3 heterocycles. The SMILES string of the molecule is CC(=O)N[C@H]1CCC(=O)NCC(=O)NCC[C@@H](C(=O)N[C@H](Cc2ccc3ccccc3c2)C(=O)N[C@@H](CC(C)C)C(=O)N[C@@H](CCCN=C(N)N)C(=O)N2CCC[C@H]2C(=O)N[C@@H](CN)C(=O)O)NC(=O)[C@H](CC(=O)N=[N+]=[N-])NC(=O)[C@@H](Cc2c[nH]c3ccccc23)NC(=O)[C@@H](Cc2ccc(Cl)cc2)NC1=O. The molecule has 0 aliphatic carbocycles. The van der Waals surface area contributed by atoms with Crippen LogP contribution in [-0.2, 0) is 86.4 Å². The summed E-state index contributed by atoms with van der Waals surface area (Å²) in [6.07, 6.45) is -1.28. The van der Waals surface area contributed by atoms with Gasteiger partial charge in [-0.2, -0.15) is 0 Å². The van der Waals surface area contributed by atoms with Crippen molar-refractivity contribution in [2.45, 2.75) is 158 Å². The van der Waals surface area contributed by atoms with Crippen LogP contribution in [0.5, 0.6) is 0 Å². The van der Waals surface area contributed by atoms with Crippen LogP contribution in [0, 0.1) is 5.92 Å². The van der Waals surface area contributed by atoms with E-state index in [1.165, 1.54) is 17.0 Å². The molecule has 0 spiro atoms. The number of hydrogen-bond donors (Lipinski definition) is 16. The molecule has 4 aromatic carbocycles. The summed E-state index contributed by atoms with van der Waals surface area (Å²) in [6, 6.07) is 9.94. The number of likely N-dealkylation sites (tertiary alicyclic amines) is 1. The Balaban J connectivity index is 1.25. The van der Waals surface area contributed by atoms with Gasteiger partial charge in [0, 0.05) is 92.2 Å². The molecule has 35 nitrogen and oxygen atoms in total. The Morgan fingerprint density at radius 1 is 0.708 bits per heavy atom. The maximum atomic E-state index is 15.3. The molecule has 2 aliphatic heterocycles. The van der Waals surface area contributed by atoms with E-state index in [-0.39, 0.29) is 76.3 Å². The molecule has 106 heavy (non-hydrogen) atoms. The summed E-state index contributed by atoms with van der Waals surface area (Å²) in [4.78, 5) is 208. The second-order valence-corrected chi connectivity index (χ2v) is 26.5. The lowest BCUT2D eigenvalue weighted by molar-refractivity contribution is -0.145. The number of azide groups is 1. The smallest absolute Gasteiger partial charge is 0.327 e. The Kier molecular flexibility index (Phi) is 30.6. The third-order valence-electron chi connectivity index (χ3n) is 17.5. The van der Waals surface area contributed by atoms with Gasteiger partial charge in [-0.15, -0.1) is 0 Å². The van der Waals surface area contributed by atoms with Crippen molar-refractivity contribution in [2.24, 2.45) is 33.2 Å². The van der Waals surface area contributed by atoms with Crippen molar-refractivity contribution < 1.29 is 72.2 Å². The molecule has 19 N–H and O–H groups in total. The number of carbonyl (C=O) groups is 14. The number of carboxylic acid groups (broad SMARTS) is 1. The van der Waals surface area contributed by atoms with E-state index in [1.807, 2.05) is 12.1 Å². The second kappa shape index (κ2) is 39.8. The Morgan fingerprint density at radius 2 is 1.35 bits per heavy atom. The predicted molar refractivity (Wildman–Crippen MR) is 387 cm³/mol. The zero-order valence-electron chi connectivity index (χ0n) is 58.6. The summed E-state index contributed by atoms with van der Waals surface area (Å²) in [5.41, 5.74) is 28.2. The number of aliphatic carboxylic acids is 1. The Hall–Kier alpha value is -11.7. The van der Waals surface area contributed by atoms with Crippen LogP contribution < -0.4 is 75.7 Å². The minimum absolute atomic E-state index is 0.00640. The van der Waals surface area contributed by atoms with Crippen LogP contribution in [0.3, 0.4) is 0 Å². The molecular formula is C70H89ClN20O15. The number of aromatic amines is 1. The fourth-order valence-electron chi connectivity index (χ4n) is 12.2. The van der Waals surface area contributed by atoms with Gasteiger partial charge < -0.3 is 90.7 Å². The fraction of sp³-hybridized carbons (Fsp3) is 0.443. The van der Waals surface area contributed by atoms with E-state index < -0.39 is 182 Å². The predicted octanol–water partition coefficient (Wildman–Crippen LogP) is -0.837. The van der Waals surface area contributed by atoms with Gasteiger partial charge in [-0.3, -0.25) is 67.3 Å². The maximum Gasteiger partial charge on any atom is 0.327 e. The Bertz CT molecular complexity index is 4140. The number of carboxylic acids is 1. The molecule has 10 atom stereocenters. The van der Waals surface area contributed by atoms with E-state index in [2.05, 4.69) is 78.5 Å². The minimum atomic E-state index is -2.04. The van der Waals surface area contributed by atoms with Gasteiger partial charge in [0.1, 0.15) is 60.4 Å². The molecular weight excluding hydrogens is 1400 g/mol. The first-order chi connectivity index (χ1) is 50.6. The van der Waals surface area contributed by atoms with E-state index >= 15 is 19.2 Å². The van der Waals surface area contributed by atoms with Gasteiger partial charge in [0.05, 0.1) is 6.54 Å². The highest BCUT2D eigenvalue weighted by Crippen LogP contribution is 2.24. The van der Waals surface area contributed by atoms with Crippen molar-refractivity contribution in [3.63, 3.8) is 0 Å². The Morgan fingerprint density at radius 3 is 2.04 bits per heavy atom. The monoisotopic (exact) mass is 1480 g/mol. The van der Waals surface area contributed by atoms with E-state index in [0.717, 1.165) is 17.7 Å². The number of hydrogen-bond acceptors (Lipinski definition) is 16. The van der Waals surface area contributed by atoms with Gasteiger partial charge >= 0.3 is 5.97 Å². The zero-order valence-corrected chi connectivity index (χ0v) is 59.4. The highest BCUT2D eigenvalue weighted by Gasteiger charge is 2.41. The van der Waals surface area contributed by atoms with E-state index in [1.54, 1.807) is 86.8 Å². The van der Waals surface area contributed by atoms with E-state index in [4.69, 9.17) is 28.8 Å². The number of amides is 13. The molecule has 5 aromatic rings. The molecule has 2 saturated heterocycles. The normalized spacial score (nSPS) is 19.7. The van der Waals surface area contributed by atoms with Crippen molar-refractivity contribution in [1.29, 1.82) is 0 Å². The molecule has 0 saturated carbocycles.